The molecule has 0 fully saturated rings. The van der Waals surface area contributed by atoms with Gasteiger partial charge in [-0.15, -0.1) is 0 Å². The van der Waals surface area contributed by atoms with E-state index in [0.717, 1.165) is 16.6 Å². The molecule has 4 rings (SSSR count). The van der Waals surface area contributed by atoms with Crippen molar-refractivity contribution in [2.24, 2.45) is 0 Å². The second-order valence-electron chi connectivity index (χ2n) is 6.77. The summed E-state index contributed by atoms with van der Waals surface area (Å²) in [5.41, 5.74) is 3.27. The van der Waals surface area contributed by atoms with E-state index < -0.39 is 10.0 Å². The van der Waals surface area contributed by atoms with Gasteiger partial charge in [0.25, 0.3) is 10.0 Å². The minimum Gasteiger partial charge on any atom is -0.276 e. The number of aromatic nitrogens is 3. The third kappa shape index (κ3) is 3.83. The highest BCUT2D eigenvalue weighted by Gasteiger charge is 2.22. The Kier molecular flexibility index (Phi) is 5.02. The Bertz CT molecular complexity index is 1290. The fraction of sp³-hybridized carbons (Fsp3) is 0.143. The van der Waals surface area contributed by atoms with E-state index in [2.05, 4.69) is 14.8 Å². The first-order valence-corrected chi connectivity index (χ1v) is 10.9. The molecule has 0 aliphatic rings. The summed E-state index contributed by atoms with van der Waals surface area (Å²) < 4.78 is 30.7. The number of nitrogens with one attached hydrogen (secondary N) is 1. The molecule has 0 radical (unpaired) electrons. The molecule has 0 aliphatic carbocycles. The summed E-state index contributed by atoms with van der Waals surface area (Å²) in [6.45, 7) is 4.14. The van der Waals surface area contributed by atoms with Crippen LogP contribution in [0.4, 0.5) is 5.69 Å². The Morgan fingerprint density at radius 2 is 1.76 bits per heavy atom. The fourth-order valence-electron chi connectivity index (χ4n) is 3.24. The van der Waals surface area contributed by atoms with Crippen LogP contribution in [0, 0.1) is 13.8 Å². The number of halogens is 1. The van der Waals surface area contributed by atoms with Crippen molar-refractivity contribution in [2.45, 2.75) is 25.3 Å². The Balaban J connectivity index is 1.68. The van der Waals surface area contributed by atoms with Gasteiger partial charge in [0.1, 0.15) is 4.90 Å². The van der Waals surface area contributed by atoms with Crippen molar-refractivity contribution < 1.29 is 8.42 Å². The quantitative estimate of drug-likeness (QED) is 0.507. The lowest BCUT2D eigenvalue weighted by Crippen LogP contribution is -2.15. The third-order valence-corrected chi connectivity index (χ3v) is 6.38. The largest absolute Gasteiger partial charge is 0.276 e. The van der Waals surface area contributed by atoms with Gasteiger partial charge >= 0.3 is 0 Å². The highest BCUT2D eigenvalue weighted by molar-refractivity contribution is 7.93. The Morgan fingerprint density at radius 3 is 2.52 bits per heavy atom. The summed E-state index contributed by atoms with van der Waals surface area (Å²) in [5, 5.41) is 5.94. The minimum atomic E-state index is -3.83. The van der Waals surface area contributed by atoms with Crippen molar-refractivity contribution >= 4 is 38.2 Å². The molecule has 8 heteroatoms. The molecule has 0 spiro atoms. The number of nitrogens with zero attached hydrogens (tertiary/aromatic N) is 3. The lowest BCUT2D eigenvalue weighted by molar-refractivity contribution is 0.601. The fourth-order valence-corrected chi connectivity index (χ4v) is 4.73. The van der Waals surface area contributed by atoms with Gasteiger partial charge in [-0.05, 0) is 43.7 Å². The summed E-state index contributed by atoms with van der Waals surface area (Å²) in [4.78, 5) is 4.39. The first kappa shape index (κ1) is 19.4. The highest BCUT2D eigenvalue weighted by atomic mass is 35.5. The zero-order chi connectivity index (χ0) is 20.6. The third-order valence-electron chi connectivity index (χ3n) is 4.75. The lowest BCUT2D eigenvalue weighted by Gasteiger charge is -2.11. The highest BCUT2D eigenvalue weighted by Crippen LogP contribution is 2.27. The smallest absolute Gasteiger partial charge is 0.264 e. The molecular weight excluding hydrogens is 408 g/mol. The number of benzene rings is 2. The van der Waals surface area contributed by atoms with Crippen LogP contribution in [0.5, 0.6) is 0 Å². The van der Waals surface area contributed by atoms with Crippen molar-refractivity contribution in [1.29, 1.82) is 0 Å². The van der Waals surface area contributed by atoms with Crippen molar-refractivity contribution in [3.8, 4) is 0 Å². The van der Waals surface area contributed by atoms with E-state index in [1.807, 2.05) is 43.3 Å². The number of pyridine rings is 1. The maximum absolute atomic E-state index is 13.1. The molecule has 0 unspecified atom stereocenters. The standard InChI is InChI=1S/C21H19ClN4O2S/c1-14-20(15(2)26(24-14)13-16-8-10-18(22)11-9-16)25-29(27,28)19-7-3-5-17-6-4-12-23-21(17)19/h3-12,25H,13H2,1-2H3. The van der Waals surface area contributed by atoms with Gasteiger partial charge in [0.2, 0.25) is 0 Å². The summed E-state index contributed by atoms with van der Waals surface area (Å²) in [6, 6.07) is 16.2. The Morgan fingerprint density at radius 1 is 1.03 bits per heavy atom. The molecule has 0 aliphatic heterocycles. The van der Waals surface area contributed by atoms with Crippen LogP contribution in [0.3, 0.4) is 0 Å². The molecule has 0 amide bonds. The van der Waals surface area contributed by atoms with Crippen LogP contribution in [0.2, 0.25) is 5.02 Å². The molecule has 0 saturated carbocycles. The molecule has 1 N–H and O–H groups in total. The molecule has 0 atom stereocenters. The van der Waals surface area contributed by atoms with Gasteiger partial charge < -0.3 is 0 Å². The van der Waals surface area contributed by atoms with Crippen LogP contribution >= 0.6 is 11.6 Å². The van der Waals surface area contributed by atoms with Crippen molar-refractivity contribution in [3.63, 3.8) is 0 Å². The molecule has 0 saturated heterocycles. The summed E-state index contributed by atoms with van der Waals surface area (Å²) in [7, 11) is -3.83. The average molecular weight is 427 g/mol. The van der Waals surface area contributed by atoms with Gasteiger partial charge in [-0.25, -0.2) is 8.42 Å². The van der Waals surface area contributed by atoms with Gasteiger partial charge in [-0.2, -0.15) is 5.10 Å². The molecule has 29 heavy (non-hydrogen) atoms. The summed E-state index contributed by atoms with van der Waals surface area (Å²) >= 11 is 5.94. The van der Waals surface area contributed by atoms with Crippen LogP contribution in [-0.4, -0.2) is 23.2 Å². The first-order valence-electron chi connectivity index (χ1n) is 9.00. The first-order chi connectivity index (χ1) is 13.8. The number of fused-ring (bicyclic) bond motifs is 1. The summed E-state index contributed by atoms with van der Waals surface area (Å²) in [6.07, 6.45) is 1.59. The predicted octanol–water partition coefficient (Wildman–Crippen LogP) is 4.55. The van der Waals surface area contributed by atoms with E-state index in [0.29, 0.717) is 28.5 Å². The van der Waals surface area contributed by atoms with Crippen LogP contribution < -0.4 is 4.72 Å². The van der Waals surface area contributed by atoms with E-state index in [9.17, 15) is 8.42 Å². The number of aryl methyl sites for hydroxylation is 1. The van der Waals surface area contributed by atoms with Crippen molar-refractivity contribution in [3.05, 3.63) is 82.8 Å². The van der Waals surface area contributed by atoms with Crippen LogP contribution in [0.1, 0.15) is 17.0 Å². The Hall–Kier alpha value is -2.90. The van der Waals surface area contributed by atoms with E-state index in [-0.39, 0.29) is 4.90 Å². The molecule has 148 valence electrons. The van der Waals surface area contributed by atoms with E-state index in [1.165, 1.54) is 0 Å². The topological polar surface area (TPSA) is 76.9 Å². The van der Waals surface area contributed by atoms with E-state index in [4.69, 9.17) is 11.6 Å². The van der Waals surface area contributed by atoms with Crippen molar-refractivity contribution in [2.75, 3.05) is 4.72 Å². The molecule has 2 heterocycles. The molecule has 6 nitrogen and oxygen atoms in total. The SMILES string of the molecule is Cc1nn(Cc2ccc(Cl)cc2)c(C)c1NS(=O)(=O)c1cccc2cccnc12. The Labute approximate surface area is 174 Å². The second-order valence-corrected chi connectivity index (χ2v) is 8.85. The van der Waals surface area contributed by atoms with Crippen LogP contribution in [0.25, 0.3) is 10.9 Å². The zero-order valence-corrected chi connectivity index (χ0v) is 17.5. The van der Waals surface area contributed by atoms with E-state index in [1.54, 1.807) is 36.0 Å². The number of sulfonamides is 1. The molecule has 4 aromatic rings. The van der Waals surface area contributed by atoms with E-state index >= 15 is 0 Å². The lowest BCUT2D eigenvalue weighted by atomic mass is 10.2. The minimum absolute atomic E-state index is 0.139. The number of anilines is 1. The maximum Gasteiger partial charge on any atom is 0.264 e. The number of hydrogen-bond acceptors (Lipinski definition) is 4. The second kappa shape index (κ2) is 7.50. The van der Waals surface area contributed by atoms with Gasteiger partial charge in [-0.1, -0.05) is 41.9 Å². The monoisotopic (exact) mass is 426 g/mol. The van der Waals surface area contributed by atoms with Crippen LogP contribution in [-0.2, 0) is 16.6 Å². The predicted molar refractivity (Wildman–Crippen MR) is 115 cm³/mol. The van der Waals surface area contributed by atoms with Gasteiger partial charge in [-0.3, -0.25) is 14.4 Å². The van der Waals surface area contributed by atoms with Gasteiger partial charge in [0.15, 0.2) is 0 Å². The number of rotatable bonds is 5. The molecule has 2 aromatic carbocycles. The molecular formula is C21H19ClN4O2S. The van der Waals surface area contributed by atoms with Crippen molar-refractivity contribution in [1.82, 2.24) is 14.8 Å². The zero-order valence-electron chi connectivity index (χ0n) is 15.9. The maximum atomic E-state index is 13.1. The molecule has 2 aromatic heterocycles. The molecule has 0 bridgehead atoms. The summed E-state index contributed by atoms with van der Waals surface area (Å²) in [5.74, 6) is 0. The van der Waals surface area contributed by atoms with Crippen LogP contribution in [0.15, 0.2) is 65.7 Å². The average Bonchev–Trinajstić information content (AvgIpc) is 2.96. The normalized spacial score (nSPS) is 11.7. The van der Waals surface area contributed by atoms with Gasteiger partial charge in [0.05, 0.1) is 29.1 Å². The number of hydrogen-bond donors (Lipinski definition) is 1. The van der Waals surface area contributed by atoms with Gasteiger partial charge in [0, 0.05) is 16.6 Å². The number of para-hydroxylation sites is 1.